The molecular formula is C19H24N4O2. The molecule has 132 valence electrons. The molecule has 0 bridgehead atoms. The van der Waals surface area contributed by atoms with Crippen molar-refractivity contribution < 1.29 is 9.63 Å². The molecule has 3 rings (SSSR count). The summed E-state index contributed by atoms with van der Waals surface area (Å²) >= 11 is 0. The van der Waals surface area contributed by atoms with Crippen molar-refractivity contribution >= 4 is 5.82 Å². The number of hydrogen-bond donors (Lipinski definition) is 2. The van der Waals surface area contributed by atoms with Crippen LogP contribution in [0.2, 0.25) is 0 Å². The van der Waals surface area contributed by atoms with Crippen molar-refractivity contribution in [2.45, 2.75) is 45.9 Å². The molecule has 2 aromatic heterocycles. The third-order valence-corrected chi connectivity index (χ3v) is 4.40. The maximum absolute atomic E-state index is 10.3. The first-order chi connectivity index (χ1) is 12.0. The van der Waals surface area contributed by atoms with Crippen LogP contribution in [0.4, 0.5) is 5.82 Å². The van der Waals surface area contributed by atoms with E-state index in [0.29, 0.717) is 18.8 Å². The minimum absolute atomic E-state index is 0.257. The Morgan fingerprint density at radius 2 is 1.96 bits per heavy atom. The van der Waals surface area contributed by atoms with Crippen molar-refractivity contribution in [3.8, 4) is 0 Å². The number of benzene rings is 1. The summed E-state index contributed by atoms with van der Waals surface area (Å²) in [7, 11) is 0. The van der Waals surface area contributed by atoms with Crippen molar-refractivity contribution in [1.82, 2.24) is 14.9 Å². The standard InChI is InChI=1S/C19H24N4O2/c1-13(16-7-5-4-6-8-16)11-19(24)20-18-9-10-23(21-18)12-17-14(2)22-25-15(17)3/h4-10,13,19,24H,11-12H2,1-3H3,(H,20,21). The van der Waals surface area contributed by atoms with E-state index in [1.807, 2.05) is 49.0 Å². The number of aromatic nitrogens is 3. The Labute approximate surface area is 147 Å². The average Bonchev–Trinajstić information content (AvgIpc) is 3.17. The zero-order valence-electron chi connectivity index (χ0n) is 14.8. The molecule has 2 unspecified atom stereocenters. The van der Waals surface area contributed by atoms with Crippen LogP contribution in [0.3, 0.4) is 0 Å². The van der Waals surface area contributed by atoms with Gasteiger partial charge in [0.15, 0.2) is 0 Å². The van der Waals surface area contributed by atoms with Crippen LogP contribution in [0.25, 0.3) is 0 Å². The Balaban J connectivity index is 1.57. The highest BCUT2D eigenvalue weighted by Crippen LogP contribution is 2.21. The summed E-state index contributed by atoms with van der Waals surface area (Å²) in [6.07, 6.45) is 1.83. The maximum atomic E-state index is 10.3. The van der Waals surface area contributed by atoms with Crippen LogP contribution in [0.1, 0.15) is 41.8 Å². The number of anilines is 1. The van der Waals surface area contributed by atoms with E-state index in [0.717, 1.165) is 17.0 Å². The fraction of sp³-hybridized carbons (Fsp3) is 0.368. The monoisotopic (exact) mass is 340 g/mol. The van der Waals surface area contributed by atoms with E-state index in [1.165, 1.54) is 5.56 Å². The van der Waals surface area contributed by atoms with Gasteiger partial charge in [0, 0.05) is 17.8 Å². The third-order valence-electron chi connectivity index (χ3n) is 4.40. The van der Waals surface area contributed by atoms with Crippen LogP contribution in [-0.2, 0) is 6.54 Å². The van der Waals surface area contributed by atoms with E-state index in [-0.39, 0.29) is 5.92 Å². The summed E-state index contributed by atoms with van der Waals surface area (Å²) in [4.78, 5) is 0. The molecule has 1 aromatic carbocycles. The Bertz CT molecular complexity index is 790. The molecule has 6 heteroatoms. The molecule has 0 aliphatic heterocycles. The number of rotatable bonds is 7. The molecule has 3 aromatic rings. The lowest BCUT2D eigenvalue weighted by molar-refractivity contribution is 0.184. The van der Waals surface area contributed by atoms with Crippen LogP contribution < -0.4 is 5.32 Å². The smallest absolute Gasteiger partial charge is 0.149 e. The first-order valence-corrected chi connectivity index (χ1v) is 8.47. The molecule has 0 amide bonds. The van der Waals surface area contributed by atoms with Gasteiger partial charge in [0.05, 0.1) is 12.2 Å². The summed E-state index contributed by atoms with van der Waals surface area (Å²) in [6.45, 7) is 6.52. The number of aryl methyl sites for hydroxylation is 2. The van der Waals surface area contributed by atoms with Gasteiger partial charge < -0.3 is 14.9 Å². The van der Waals surface area contributed by atoms with Gasteiger partial charge in [0.2, 0.25) is 0 Å². The first kappa shape index (κ1) is 17.2. The predicted octanol–water partition coefficient (Wildman–Crippen LogP) is 3.46. The van der Waals surface area contributed by atoms with Crippen LogP contribution in [0, 0.1) is 13.8 Å². The Kier molecular flexibility index (Phi) is 5.19. The summed E-state index contributed by atoms with van der Waals surface area (Å²) < 4.78 is 6.99. The number of hydrogen-bond acceptors (Lipinski definition) is 5. The Morgan fingerprint density at radius 3 is 2.64 bits per heavy atom. The van der Waals surface area contributed by atoms with E-state index >= 15 is 0 Å². The SMILES string of the molecule is Cc1noc(C)c1Cn1ccc(NC(O)CC(C)c2ccccc2)n1. The van der Waals surface area contributed by atoms with E-state index < -0.39 is 6.23 Å². The molecular weight excluding hydrogens is 316 g/mol. The minimum Gasteiger partial charge on any atom is -0.374 e. The van der Waals surface area contributed by atoms with Gasteiger partial charge >= 0.3 is 0 Å². The molecule has 0 spiro atoms. The average molecular weight is 340 g/mol. The van der Waals surface area contributed by atoms with Gasteiger partial charge in [-0.05, 0) is 31.7 Å². The van der Waals surface area contributed by atoms with Gasteiger partial charge in [-0.2, -0.15) is 5.10 Å². The third kappa shape index (κ3) is 4.28. The van der Waals surface area contributed by atoms with Crippen molar-refractivity contribution in [2.24, 2.45) is 0 Å². The lowest BCUT2D eigenvalue weighted by Crippen LogP contribution is -2.21. The molecule has 2 atom stereocenters. The molecule has 0 radical (unpaired) electrons. The molecule has 25 heavy (non-hydrogen) atoms. The van der Waals surface area contributed by atoms with E-state index in [9.17, 15) is 5.11 Å². The van der Waals surface area contributed by atoms with Gasteiger partial charge in [-0.15, -0.1) is 0 Å². The second kappa shape index (κ2) is 7.53. The van der Waals surface area contributed by atoms with Crippen LogP contribution in [-0.4, -0.2) is 26.3 Å². The highest BCUT2D eigenvalue weighted by Gasteiger charge is 2.14. The molecule has 2 heterocycles. The predicted molar refractivity (Wildman–Crippen MR) is 96.4 cm³/mol. The lowest BCUT2D eigenvalue weighted by atomic mass is 9.97. The number of nitrogens with one attached hydrogen (secondary N) is 1. The summed E-state index contributed by atoms with van der Waals surface area (Å²) in [5.41, 5.74) is 3.12. The second-order valence-corrected chi connectivity index (χ2v) is 6.41. The molecule has 6 nitrogen and oxygen atoms in total. The number of aliphatic hydroxyl groups is 1. The van der Waals surface area contributed by atoms with Crippen molar-refractivity contribution in [3.63, 3.8) is 0 Å². The number of nitrogens with zero attached hydrogens (tertiary/aromatic N) is 3. The Morgan fingerprint density at radius 1 is 1.20 bits per heavy atom. The summed E-state index contributed by atoms with van der Waals surface area (Å²) in [6, 6.07) is 12.0. The zero-order chi connectivity index (χ0) is 17.8. The van der Waals surface area contributed by atoms with Gasteiger partial charge in [0.1, 0.15) is 17.8 Å². The summed E-state index contributed by atoms with van der Waals surface area (Å²) in [5.74, 6) is 1.71. The summed E-state index contributed by atoms with van der Waals surface area (Å²) in [5, 5.41) is 21.8. The normalized spacial score (nSPS) is 13.6. The van der Waals surface area contributed by atoms with E-state index in [4.69, 9.17) is 4.52 Å². The lowest BCUT2D eigenvalue weighted by Gasteiger charge is -2.17. The van der Waals surface area contributed by atoms with Crippen molar-refractivity contribution in [2.75, 3.05) is 5.32 Å². The molecule has 0 aliphatic carbocycles. The van der Waals surface area contributed by atoms with Crippen LogP contribution in [0.15, 0.2) is 47.1 Å². The second-order valence-electron chi connectivity index (χ2n) is 6.41. The molecule has 2 N–H and O–H groups in total. The quantitative estimate of drug-likeness (QED) is 0.644. The highest BCUT2D eigenvalue weighted by atomic mass is 16.5. The maximum Gasteiger partial charge on any atom is 0.149 e. The largest absolute Gasteiger partial charge is 0.374 e. The van der Waals surface area contributed by atoms with Gasteiger partial charge in [-0.1, -0.05) is 42.4 Å². The topological polar surface area (TPSA) is 76.1 Å². The van der Waals surface area contributed by atoms with E-state index in [1.54, 1.807) is 0 Å². The van der Waals surface area contributed by atoms with Gasteiger partial charge in [0.25, 0.3) is 0 Å². The van der Waals surface area contributed by atoms with Crippen LogP contribution in [0.5, 0.6) is 0 Å². The molecule has 0 saturated carbocycles. The minimum atomic E-state index is -0.655. The first-order valence-electron chi connectivity index (χ1n) is 8.47. The van der Waals surface area contributed by atoms with Crippen molar-refractivity contribution in [1.29, 1.82) is 0 Å². The van der Waals surface area contributed by atoms with Crippen molar-refractivity contribution in [3.05, 3.63) is 65.2 Å². The van der Waals surface area contributed by atoms with Gasteiger partial charge in [-0.3, -0.25) is 4.68 Å². The fourth-order valence-electron chi connectivity index (χ4n) is 2.90. The fourth-order valence-corrected chi connectivity index (χ4v) is 2.90. The van der Waals surface area contributed by atoms with Gasteiger partial charge in [-0.25, -0.2) is 0 Å². The Hall–Kier alpha value is -2.60. The zero-order valence-corrected chi connectivity index (χ0v) is 14.8. The molecule has 0 saturated heterocycles. The molecule has 0 aliphatic rings. The van der Waals surface area contributed by atoms with Crippen LogP contribution >= 0.6 is 0 Å². The number of aliphatic hydroxyl groups excluding tert-OH is 1. The van der Waals surface area contributed by atoms with E-state index in [2.05, 4.69) is 34.6 Å². The molecule has 0 fully saturated rings. The highest BCUT2D eigenvalue weighted by molar-refractivity contribution is 5.33.